The molecule has 1 aliphatic rings. The molecule has 1 fully saturated rings. The molecule has 0 aliphatic heterocycles. The topological polar surface area (TPSA) is 48.1 Å². The summed E-state index contributed by atoms with van der Waals surface area (Å²) in [5, 5.41) is 0. The number of nitrogens with two attached hydrogens (primary N) is 1. The second kappa shape index (κ2) is 5.14. The van der Waals surface area contributed by atoms with Crippen LogP contribution in [0.2, 0.25) is 0 Å². The lowest BCUT2D eigenvalue weighted by atomic mass is 9.94. The predicted molar refractivity (Wildman–Crippen MR) is 60.1 cm³/mol. The first-order valence-corrected chi connectivity index (χ1v) is 5.90. The number of hydrogen-bond acceptors (Lipinski definition) is 3. The number of nitrogens with zero attached hydrogens (tertiary/aromatic N) is 1. The lowest BCUT2D eigenvalue weighted by Gasteiger charge is -2.26. The number of rotatable bonds is 2. The van der Waals surface area contributed by atoms with E-state index >= 15 is 0 Å². The number of aromatic nitrogens is 1. The zero-order valence-corrected chi connectivity index (χ0v) is 9.78. The van der Waals surface area contributed by atoms with E-state index in [1.54, 1.807) is 0 Å². The zero-order chi connectivity index (χ0) is 13.2. The van der Waals surface area contributed by atoms with Crippen LogP contribution in [0.3, 0.4) is 0 Å². The van der Waals surface area contributed by atoms with Crippen molar-refractivity contribution in [2.45, 2.75) is 44.0 Å². The highest BCUT2D eigenvalue weighted by atomic mass is 19.4. The minimum absolute atomic E-state index is 0.0175. The number of pyridine rings is 1. The van der Waals surface area contributed by atoms with Gasteiger partial charge in [0.25, 0.3) is 0 Å². The average Bonchev–Trinajstić information content (AvgIpc) is 2.28. The summed E-state index contributed by atoms with van der Waals surface area (Å²) in [4.78, 5) is 3.81. The minimum Gasteiger partial charge on any atom is -0.474 e. The fourth-order valence-corrected chi connectivity index (χ4v) is 2.11. The van der Waals surface area contributed by atoms with Crippen LogP contribution in [0.1, 0.15) is 31.2 Å². The maximum Gasteiger partial charge on any atom is 0.416 e. The van der Waals surface area contributed by atoms with Crippen molar-refractivity contribution < 1.29 is 17.9 Å². The number of halogens is 3. The summed E-state index contributed by atoms with van der Waals surface area (Å²) < 4.78 is 43.0. The number of hydrogen-bond donors (Lipinski definition) is 1. The Morgan fingerprint density at radius 1 is 1.33 bits per heavy atom. The van der Waals surface area contributed by atoms with Crippen LogP contribution in [0.25, 0.3) is 0 Å². The molecule has 2 rings (SSSR count). The van der Waals surface area contributed by atoms with Gasteiger partial charge in [0, 0.05) is 18.3 Å². The molecule has 0 spiro atoms. The summed E-state index contributed by atoms with van der Waals surface area (Å²) in [6.45, 7) is 0. The minimum atomic E-state index is -4.37. The molecular formula is C12H15F3N2O. The predicted octanol–water partition coefficient (Wildman–Crippen LogP) is 2.75. The van der Waals surface area contributed by atoms with E-state index in [2.05, 4.69) is 4.98 Å². The van der Waals surface area contributed by atoms with Gasteiger partial charge < -0.3 is 10.5 Å². The van der Waals surface area contributed by atoms with Crippen molar-refractivity contribution in [2.24, 2.45) is 5.73 Å². The second-order valence-electron chi connectivity index (χ2n) is 4.55. The van der Waals surface area contributed by atoms with E-state index in [-0.39, 0.29) is 18.0 Å². The summed E-state index contributed by atoms with van der Waals surface area (Å²) in [5.74, 6) is 0.0175. The Morgan fingerprint density at radius 2 is 2.11 bits per heavy atom. The third-order valence-corrected chi connectivity index (χ3v) is 3.02. The van der Waals surface area contributed by atoms with Gasteiger partial charge in [0.2, 0.25) is 5.88 Å². The smallest absolute Gasteiger partial charge is 0.416 e. The Hall–Kier alpha value is -1.30. The fourth-order valence-electron chi connectivity index (χ4n) is 2.11. The van der Waals surface area contributed by atoms with Gasteiger partial charge in [-0.25, -0.2) is 4.98 Å². The third-order valence-electron chi connectivity index (χ3n) is 3.02. The van der Waals surface area contributed by atoms with Gasteiger partial charge in [0.15, 0.2) is 0 Å². The molecule has 2 unspecified atom stereocenters. The molecule has 100 valence electrons. The van der Waals surface area contributed by atoms with Gasteiger partial charge in [-0.15, -0.1) is 0 Å². The molecule has 1 aromatic rings. The Labute approximate surface area is 103 Å². The molecule has 0 aromatic carbocycles. The summed E-state index contributed by atoms with van der Waals surface area (Å²) in [6.07, 6.45) is -0.0421. The van der Waals surface area contributed by atoms with Crippen LogP contribution in [0.5, 0.6) is 5.88 Å². The van der Waals surface area contributed by atoms with Gasteiger partial charge in [0.1, 0.15) is 6.10 Å². The molecule has 0 radical (unpaired) electrons. The lowest BCUT2D eigenvalue weighted by molar-refractivity contribution is -0.137. The molecule has 1 saturated carbocycles. The van der Waals surface area contributed by atoms with Crippen molar-refractivity contribution >= 4 is 0 Å². The van der Waals surface area contributed by atoms with E-state index in [9.17, 15) is 13.2 Å². The van der Waals surface area contributed by atoms with E-state index in [0.717, 1.165) is 37.6 Å². The van der Waals surface area contributed by atoms with E-state index < -0.39 is 11.7 Å². The van der Waals surface area contributed by atoms with E-state index in [1.165, 1.54) is 0 Å². The van der Waals surface area contributed by atoms with E-state index in [0.29, 0.717) is 6.42 Å². The zero-order valence-electron chi connectivity index (χ0n) is 9.78. The van der Waals surface area contributed by atoms with Gasteiger partial charge in [-0.05, 0) is 31.7 Å². The first-order chi connectivity index (χ1) is 8.45. The van der Waals surface area contributed by atoms with Crippen LogP contribution in [-0.4, -0.2) is 17.1 Å². The highest BCUT2D eigenvalue weighted by molar-refractivity contribution is 5.23. The van der Waals surface area contributed by atoms with Crippen LogP contribution in [0, 0.1) is 0 Å². The van der Waals surface area contributed by atoms with Gasteiger partial charge in [-0.1, -0.05) is 0 Å². The van der Waals surface area contributed by atoms with Crippen molar-refractivity contribution in [1.29, 1.82) is 0 Å². The molecular weight excluding hydrogens is 245 g/mol. The maximum atomic E-state index is 12.5. The van der Waals surface area contributed by atoms with Crippen molar-refractivity contribution in [3.8, 4) is 5.88 Å². The molecule has 6 heteroatoms. The SMILES string of the molecule is NC1CCCC(Oc2cc(C(F)(F)F)ccn2)C1. The van der Waals surface area contributed by atoms with E-state index in [1.807, 2.05) is 0 Å². The lowest BCUT2D eigenvalue weighted by Crippen LogP contribution is -2.33. The quantitative estimate of drug-likeness (QED) is 0.889. The largest absolute Gasteiger partial charge is 0.474 e. The molecule has 18 heavy (non-hydrogen) atoms. The summed E-state index contributed by atoms with van der Waals surface area (Å²) in [6, 6.07) is 1.93. The summed E-state index contributed by atoms with van der Waals surface area (Å²) in [7, 11) is 0. The Kier molecular flexibility index (Phi) is 3.75. The second-order valence-corrected chi connectivity index (χ2v) is 4.55. The maximum absolute atomic E-state index is 12.5. The highest BCUT2D eigenvalue weighted by Gasteiger charge is 2.31. The molecule has 3 nitrogen and oxygen atoms in total. The van der Waals surface area contributed by atoms with Crippen LogP contribution in [0.15, 0.2) is 18.3 Å². The molecule has 0 saturated heterocycles. The van der Waals surface area contributed by atoms with Gasteiger partial charge >= 0.3 is 6.18 Å². The fraction of sp³-hybridized carbons (Fsp3) is 0.583. The van der Waals surface area contributed by atoms with E-state index in [4.69, 9.17) is 10.5 Å². The van der Waals surface area contributed by atoms with Crippen molar-refractivity contribution in [1.82, 2.24) is 4.98 Å². The molecule has 1 aromatic heterocycles. The van der Waals surface area contributed by atoms with Crippen LogP contribution >= 0.6 is 0 Å². The average molecular weight is 260 g/mol. The van der Waals surface area contributed by atoms with Crippen LogP contribution in [0.4, 0.5) is 13.2 Å². The Bertz CT molecular complexity index is 409. The molecule has 0 bridgehead atoms. The highest BCUT2D eigenvalue weighted by Crippen LogP contribution is 2.31. The molecule has 1 heterocycles. The molecule has 1 aliphatic carbocycles. The Balaban J connectivity index is 2.05. The first-order valence-electron chi connectivity index (χ1n) is 5.90. The number of ether oxygens (including phenoxy) is 1. The standard InChI is InChI=1S/C12H15F3N2O/c13-12(14,15)8-4-5-17-11(6-8)18-10-3-1-2-9(16)7-10/h4-6,9-10H,1-3,7,16H2. The normalized spacial score (nSPS) is 24.9. The first kappa shape index (κ1) is 13.1. The van der Waals surface area contributed by atoms with Crippen molar-refractivity contribution in [2.75, 3.05) is 0 Å². The number of alkyl halides is 3. The van der Waals surface area contributed by atoms with Crippen LogP contribution in [-0.2, 0) is 6.18 Å². The molecule has 2 atom stereocenters. The molecule has 0 amide bonds. The van der Waals surface area contributed by atoms with Crippen LogP contribution < -0.4 is 10.5 Å². The van der Waals surface area contributed by atoms with Gasteiger partial charge in [-0.2, -0.15) is 13.2 Å². The van der Waals surface area contributed by atoms with Gasteiger partial charge in [0.05, 0.1) is 5.56 Å². The van der Waals surface area contributed by atoms with Crippen molar-refractivity contribution in [3.05, 3.63) is 23.9 Å². The third kappa shape index (κ3) is 3.35. The van der Waals surface area contributed by atoms with Gasteiger partial charge in [-0.3, -0.25) is 0 Å². The summed E-state index contributed by atoms with van der Waals surface area (Å²) in [5.41, 5.74) is 5.05. The summed E-state index contributed by atoms with van der Waals surface area (Å²) >= 11 is 0. The van der Waals surface area contributed by atoms with Crippen molar-refractivity contribution in [3.63, 3.8) is 0 Å². The molecule has 2 N–H and O–H groups in total. The monoisotopic (exact) mass is 260 g/mol. The Morgan fingerprint density at radius 3 is 2.78 bits per heavy atom.